The van der Waals surface area contributed by atoms with Gasteiger partial charge in [0.1, 0.15) is 0 Å². The van der Waals surface area contributed by atoms with Crippen LogP contribution in [-0.4, -0.2) is 49.4 Å². The Morgan fingerprint density at radius 1 is 1.48 bits per heavy atom. The van der Waals surface area contributed by atoms with Gasteiger partial charge in [-0.05, 0) is 19.1 Å². The van der Waals surface area contributed by atoms with Gasteiger partial charge < -0.3 is 9.47 Å². The number of pyridine rings is 1. The number of carbonyl (C=O) groups is 1. The molecule has 2 aromatic rings. The highest BCUT2D eigenvalue weighted by Crippen LogP contribution is 2.22. The second-order valence-corrected chi connectivity index (χ2v) is 5.72. The molecule has 0 aromatic carbocycles. The first-order valence-corrected chi connectivity index (χ1v) is 8.23. The topological polar surface area (TPSA) is 87.7 Å². The SMILES string of the molecule is CCN(CCC#N)C(=O)CSc1nnc(-c2cccnc2)n1C. The summed E-state index contributed by atoms with van der Waals surface area (Å²) < 4.78 is 1.85. The number of nitriles is 1. The Morgan fingerprint density at radius 3 is 2.96 bits per heavy atom. The summed E-state index contributed by atoms with van der Waals surface area (Å²) in [5.74, 6) is 0.988. The molecule has 1 amide bonds. The van der Waals surface area contributed by atoms with Crippen molar-refractivity contribution in [2.75, 3.05) is 18.8 Å². The average molecular weight is 330 g/mol. The molecule has 2 aromatic heterocycles. The smallest absolute Gasteiger partial charge is 0.233 e. The van der Waals surface area contributed by atoms with Gasteiger partial charge in [-0.3, -0.25) is 9.78 Å². The molecular formula is C15H18N6OS. The summed E-state index contributed by atoms with van der Waals surface area (Å²) in [7, 11) is 1.86. The van der Waals surface area contributed by atoms with Crippen molar-refractivity contribution in [3.8, 4) is 17.5 Å². The van der Waals surface area contributed by atoms with Crippen molar-refractivity contribution in [3.63, 3.8) is 0 Å². The van der Waals surface area contributed by atoms with Crippen molar-refractivity contribution in [3.05, 3.63) is 24.5 Å². The number of carbonyl (C=O) groups excluding carboxylic acids is 1. The molecule has 120 valence electrons. The fraction of sp³-hybridized carbons (Fsp3) is 0.400. The number of rotatable bonds is 7. The Hall–Kier alpha value is -2.40. The van der Waals surface area contributed by atoms with Crippen LogP contribution in [0.1, 0.15) is 13.3 Å². The standard InChI is InChI=1S/C15H18N6OS/c1-3-21(9-5-7-16)13(22)11-23-15-19-18-14(20(15)2)12-6-4-8-17-10-12/h4,6,8,10H,3,5,9,11H2,1-2H3. The lowest BCUT2D eigenvalue weighted by molar-refractivity contribution is -0.128. The van der Waals surface area contributed by atoms with Gasteiger partial charge in [0, 0.05) is 38.1 Å². The molecule has 0 unspecified atom stereocenters. The molecule has 7 nitrogen and oxygen atoms in total. The van der Waals surface area contributed by atoms with E-state index in [1.54, 1.807) is 17.3 Å². The fourth-order valence-corrected chi connectivity index (χ4v) is 2.86. The van der Waals surface area contributed by atoms with Gasteiger partial charge in [0.2, 0.25) is 5.91 Å². The third-order valence-corrected chi connectivity index (χ3v) is 4.31. The van der Waals surface area contributed by atoms with Crippen LogP contribution in [0.25, 0.3) is 11.4 Å². The van der Waals surface area contributed by atoms with E-state index in [-0.39, 0.29) is 11.7 Å². The summed E-state index contributed by atoms with van der Waals surface area (Å²) in [5.41, 5.74) is 0.880. The normalized spacial score (nSPS) is 10.3. The predicted octanol–water partition coefficient (Wildman–Crippen LogP) is 1.73. The minimum absolute atomic E-state index is 0.00122. The maximum Gasteiger partial charge on any atom is 0.233 e. The van der Waals surface area contributed by atoms with Gasteiger partial charge in [-0.15, -0.1) is 10.2 Å². The average Bonchev–Trinajstić information content (AvgIpc) is 2.95. The first-order valence-electron chi connectivity index (χ1n) is 7.24. The second-order valence-electron chi connectivity index (χ2n) is 4.78. The monoisotopic (exact) mass is 330 g/mol. The third kappa shape index (κ3) is 4.29. The number of thioether (sulfide) groups is 1. The van der Waals surface area contributed by atoms with Crippen molar-refractivity contribution in [1.29, 1.82) is 5.26 Å². The van der Waals surface area contributed by atoms with Gasteiger partial charge in [-0.25, -0.2) is 0 Å². The van der Waals surface area contributed by atoms with E-state index in [4.69, 9.17) is 5.26 Å². The molecular weight excluding hydrogens is 312 g/mol. The van der Waals surface area contributed by atoms with E-state index in [2.05, 4.69) is 21.3 Å². The van der Waals surface area contributed by atoms with E-state index in [1.165, 1.54) is 11.8 Å². The highest BCUT2D eigenvalue weighted by molar-refractivity contribution is 7.99. The summed E-state index contributed by atoms with van der Waals surface area (Å²) in [4.78, 5) is 17.9. The van der Waals surface area contributed by atoms with Crippen LogP contribution in [0.4, 0.5) is 0 Å². The summed E-state index contributed by atoms with van der Waals surface area (Å²) in [6.45, 7) is 2.97. The molecule has 0 spiro atoms. The zero-order valence-corrected chi connectivity index (χ0v) is 14.0. The van der Waals surface area contributed by atoms with Crippen molar-refractivity contribution in [1.82, 2.24) is 24.6 Å². The molecule has 0 aliphatic rings. The number of aromatic nitrogens is 4. The molecule has 0 saturated heterocycles. The highest BCUT2D eigenvalue weighted by atomic mass is 32.2. The molecule has 0 aliphatic heterocycles. The van der Waals surface area contributed by atoms with Crippen LogP contribution in [-0.2, 0) is 11.8 Å². The summed E-state index contributed by atoms with van der Waals surface area (Å²) >= 11 is 1.34. The van der Waals surface area contributed by atoms with Gasteiger partial charge in [-0.2, -0.15) is 5.26 Å². The first kappa shape index (κ1) is 17.0. The van der Waals surface area contributed by atoms with Crippen LogP contribution in [0.5, 0.6) is 0 Å². The summed E-state index contributed by atoms with van der Waals surface area (Å²) in [5, 5.41) is 17.6. The van der Waals surface area contributed by atoms with E-state index in [0.717, 1.165) is 5.56 Å². The quantitative estimate of drug-likeness (QED) is 0.719. The van der Waals surface area contributed by atoms with Crippen LogP contribution >= 0.6 is 11.8 Å². The lowest BCUT2D eigenvalue weighted by Crippen LogP contribution is -2.33. The first-order chi connectivity index (χ1) is 11.2. The minimum Gasteiger partial charge on any atom is -0.341 e. The predicted molar refractivity (Wildman–Crippen MR) is 87.4 cm³/mol. The van der Waals surface area contributed by atoms with Crippen molar-refractivity contribution in [2.45, 2.75) is 18.5 Å². The Morgan fingerprint density at radius 2 is 2.30 bits per heavy atom. The number of hydrogen-bond donors (Lipinski definition) is 0. The van der Waals surface area contributed by atoms with Crippen LogP contribution in [0.3, 0.4) is 0 Å². The third-order valence-electron chi connectivity index (χ3n) is 3.31. The molecule has 2 rings (SSSR count). The maximum atomic E-state index is 12.2. The van der Waals surface area contributed by atoms with Crippen LogP contribution in [0, 0.1) is 11.3 Å². The van der Waals surface area contributed by atoms with E-state index >= 15 is 0 Å². The molecule has 0 aliphatic carbocycles. The van der Waals surface area contributed by atoms with Crippen molar-refractivity contribution in [2.24, 2.45) is 7.05 Å². The molecule has 0 atom stereocenters. The number of hydrogen-bond acceptors (Lipinski definition) is 6. The van der Waals surface area contributed by atoms with Crippen LogP contribution < -0.4 is 0 Å². The second kappa shape index (κ2) is 8.29. The number of nitrogens with zero attached hydrogens (tertiary/aromatic N) is 6. The molecule has 0 bridgehead atoms. The largest absolute Gasteiger partial charge is 0.341 e. The molecule has 0 N–H and O–H groups in total. The molecule has 0 fully saturated rings. The molecule has 23 heavy (non-hydrogen) atoms. The Kier molecular flexibility index (Phi) is 6.11. The van der Waals surface area contributed by atoms with Gasteiger partial charge in [0.05, 0.1) is 18.2 Å². The highest BCUT2D eigenvalue weighted by Gasteiger charge is 2.15. The molecule has 0 saturated carbocycles. The summed E-state index contributed by atoms with van der Waals surface area (Å²) in [6, 6.07) is 5.81. The maximum absolute atomic E-state index is 12.2. The zero-order chi connectivity index (χ0) is 16.7. The Labute approximate surface area is 139 Å². The van der Waals surface area contributed by atoms with Crippen LogP contribution in [0.2, 0.25) is 0 Å². The van der Waals surface area contributed by atoms with Crippen molar-refractivity contribution < 1.29 is 4.79 Å². The lowest BCUT2D eigenvalue weighted by atomic mass is 10.3. The lowest BCUT2D eigenvalue weighted by Gasteiger charge is -2.18. The molecule has 8 heteroatoms. The molecule has 2 heterocycles. The Balaban J connectivity index is 2.00. The van der Waals surface area contributed by atoms with Gasteiger partial charge in [0.25, 0.3) is 0 Å². The fourth-order valence-electron chi connectivity index (χ4n) is 2.05. The van der Waals surface area contributed by atoms with E-state index in [9.17, 15) is 4.79 Å². The van der Waals surface area contributed by atoms with Crippen LogP contribution in [0.15, 0.2) is 29.7 Å². The number of amides is 1. The van der Waals surface area contributed by atoms with Crippen molar-refractivity contribution >= 4 is 17.7 Å². The van der Waals surface area contributed by atoms with Gasteiger partial charge in [-0.1, -0.05) is 11.8 Å². The van der Waals surface area contributed by atoms with Gasteiger partial charge >= 0.3 is 0 Å². The summed E-state index contributed by atoms with van der Waals surface area (Å²) in [6.07, 6.45) is 3.78. The zero-order valence-electron chi connectivity index (χ0n) is 13.1. The van der Waals surface area contributed by atoms with Gasteiger partial charge in [0.15, 0.2) is 11.0 Å². The molecule has 0 radical (unpaired) electrons. The van der Waals surface area contributed by atoms with E-state index < -0.39 is 0 Å². The van der Waals surface area contributed by atoms with E-state index in [1.807, 2.05) is 30.7 Å². The Bertz CT molecular complexity index is 694. The van der Waals surface area contributed by atoms with E-state index in [0.29, 0.717) is 30.5 Å². The minimum atomic E-state index is -0.00122.